The fraction of sp³-hybridized carbons (Fsp3) is 0.167. The van der Waals surface area contributed by atoms with E-state index in [1.165, 1.54) is 0 Å². The van der Waals surface area contributed by atoms with Crippen LogP contribution in [0.4, 0.5) is 0 Å². The van der Waals surface area contributed by atoms with Crippen LogP contribution in [-0.4, -0.2) is 66.3 Å². The zero-order valence-corrected chi connectivity index (χ0v) is 13.2. The van der Waals surface area contributed by atoms with Gasteiger partial charge in [0.2, 0.25) is 0 Å². The average Bonchev–Trinajstić information content (AvgIpc) is 2.67. The van der Waals surface area contributed by atoms with E-state index >= 15 is 0 Å². The Bertz CT molecular complexity index is 151. The first-order chi connectivity index (χ1) is 11.5. The van der Waals surface area contributed by atoms with Crippen molar-refractivity contribution in [2.24, 2.45) is 0 Å². The number of hydrogen-bond donors (Lipinski definition) is 0. The second-order valence-electron chi connectivity index (χ2n) is 0.983. The first-order valence-corrected chi connectivity index (χ1v) is 3.45. The molecule has 0 aromatic carbocycles. The van der Waals surface area contributed by atoms with Gasteiger partial charge in [0, 0.05) is 11.9 Å². The van der Waals surface area contributed by atoms with E-state index in [4.69, 9.17) is 58.2 Å². The van der Waals surface area contributed by atoms with E-state index in [0.29, 0.717) is 0 Å². The van der Waals surface area contributed by atoms with Crippen LogP contribution in [-0.2, 0) is 64.4 Å². The van der Waals surface area contributed by atoms with Crippen molar-refractivity contribution in [1.29, 1.82) is 0 Å². The summed E-state index contributed by atoms with van der Waals surface area (Å²) in [5.41, 5.74) is 0. The molecule has 0 heterocycles. The van der Waals surface area contributed by atoms with Gasteiger partial charge in [0.1, 0.15) is 0 Å². The molecule has 16 radical (unpaired) electrons. The summed E-state index contributed by atoms with van der Waals surface area (Å²) in [6, 6.07) is 0. The largest absolute Gasteiger partial charge is 2.00 e. The van der Waals surface area contributed by atoms with Gasteiger partial charge in [-0.1, -0.05) is 0 Å². The summed E-state index contributed by atoms with van der Waals surface area (Å²) in [6.45, 7) is 37.9. The third kappa shape index (κ3) is 714. The van der Waals surface area contributed by atoms with Crippen molar-refractivity contribution >= 4 is 66.3 Å². The normalized spacial score (nSPS) is 3.28. The topological polar surface area (TPSA) is 217 Å². The van der Waals surface area contributed by atoms with E-state index in [9.17, 15) is 0 Å². The van der Waals surface area contributed by atoms with E-state index < -0.39 is 11.9 Å². The summed E-state index contributed by atoms with van der Waals surface area (Å²) >= 11 is 0. The maximum absolute atomic E-state index is 8.89. The minimum Gasteiger partial charge on any atom is -0.550 e. The van der Waals surface area contributed by atoms with Crippen molar-refractivity contribution in [3.8, 4) is 0 Å². The first kappa shape index (κ1) is 80.9. The summed E-state index contributed by atoms with van der Waals surface area (Å²) in [5, 5.41) is 17.8. The van der Waals surface area contributed by atoms with Crippen molar-refractivity contribution in [3.63, 3.8) is 0 Å². The molecular weight excluding hydrogens is 395 g/mol. The molecular formula is C12H6NiO12. The van der Waals surface area contributed by atoms with Gasteiger partial charge in [-0.05, 0) is 13.8 Å². The second-order valence-corrected chi connectivity index (χ2v) is 0.983. The Morgan fingerprint density at radius 2 is 0.440 bits per heavy atom. The molecule has 12 nitrogen and oxygen atoms in total. The molecule has 0 saturated carbocycles. The summed E-state index contributed by atoms with van der Waals surface area (Å²) in [5.74, 6) is -2.17. The van der Waals surface area contributed by atoms with Crippen LogP contribution >= 0.6 is 0 Å². The van der Waals surface area contributed by atoms with Gasteiger partial charge in [-0.2, -0.15) is 0 Å². The van der Waals surface area contributed by atoms with Gasteiger partial charge in [0.15, 0.2) is 0 Å². The number of rotatable bonds is 0. The SMILES string of the molecule is CC(=O)[O-].CC(=O)[O-].[C]=O.[C]=O.[C]=O.[C]=O.[C]=O.[C]=O.[C]=O.[C]=O.[Ni+2]. The maximum Gasteiger partial charge on any atom is 2.00 e. The Balaban J connectivity index is -0.00000000986. The number of hydrogen-bond acceptors (Lipinski definition) is 12. The smallest absolute Gasteiger partial charge is 0.550 e. The molecule has 0 aliphatic rings. The monoisotopic (exact) mass is 400 g/mol. The van der Waals surface area contributed by atoms with Gasteiger partial charge in [-0.15, -0.1) is 0 Å². The van der Waals surface area contributed by atoms with Gasteiger partial charge >= 0.3 is 16.5 Å². The van der Waals surface area contributed by atoms with Crippen LogP contribution in [0.2, 0.25) is 0 Å². The molecule has 0 fully saturated rings. The third-order valence-electron chi connectivity index (χ3n) is 0. The molecule has 13 heteroatoms. The summed E-state index contributed by atoms with van der Waals surface area (Å²) < 4.78 is 0. The molecule has 0 unspecified atom stereocenters. The quantitative estimate of drug-likeness (QED) is 0.347. The van der Waals surface area contributed by atoms with Gasteiger partial charge in [-0.25, -0.2) is 0 Å². The van der Waals surface area contributed by atoms with Gasteiger partial charge < -0.3 is 19.8 Å². The van der Waals surface area contributed by atoms with Crippen LogP contribution in [0, 0.1) is 0 Å². The fourth-order valence-electron chi connectivity index (χ4n) is 0. The Morgan fingerprint density at radius 3 is 0.440 bits per heavy atom. The molecule has 0 N–H and O–H groups in total. The number of carbonyl (C=O) groups is 2. The Kier molecular flexibility index (Phi) is 3380. The van der Waals surface area contributed by atoms with Crippen LogP contribution in [0.15, 0.2) is 0 Å². The predicted molar refractivity (Wildman–Crippen MR) is 66.9 cm³/mol. The minimum atomic E-state index is -1.08. The molecule has 0 aromatic heterocycles. The molecule has 0 saturated heterocycles. The molecule has 0 spiro atoms. The van der Waals surface area contributed by atoms with Gasteiger partial charge in [0.05, 0.1) is 0 Å². The molecule has 0 aliphatic carbocycles. The molecule has 136 valence electrons. The maximum atomic E-state index is 8.89. The van der Waals surface area contributed by atoms with Crippen LogP contribution in [0.3, 0.4) is 0 Å². The minimum absolute atomic E-state index is 0. The molecule has 25 heavy (non-hydrogen) atoms. The molecule has 0 rings (SSSR count). The van der Waals surface area contributed by atoms with E-state index in [-0.39, 0.29) is 16.5 Å². The third-order valence-corrected chi connectivity index (χ3v) is 0. The first-order valence-electron chi connectivity index (χ1n) is 3.45. The zero-order valence-electron chi connectivity index (χ0n) is 12.2. The van der Waals surface area contributed by atoms with Crippen molar-refractivity contribution < 1.29 is 74.6 Å². The van der Waals surface area contributed by atoms with Crippen molar-refractivity contribution in [3.05, 3.63) is 0 Å². The second kappa shape index (κ2) is 1040. The number of aliphatic carboxylic acids is 2. The summed E-state index contributed by atoms with van der Waals surface area (Å²) in [6.07, 6.45) is 0. The van der Waals surface area contributed by atoms with E-state index in [2.05, 4.69) is 54.3 Å². The average molecular weight is 401 g/mol. The van der Waals surface area contributed by atoms with E-state index in [1.54, 1.807) is 0 Å². The number of carboxylic acids is 2. The van der Waals surface area contributed by atoms with Crippen LogP contribution in [0.5, 0.6) is 0 Å². The number of carboxylic acid groups (broad SMARTS) is 2. The Labute approximate surface area is 155 Å². The van der Waals surface area contributed by atoms with Crippen molar-refractivity contribution in [2.45, 2.75) is 13.8 Å². The Morgan fingerprint density at radius 1 is 0.440 bits per heavy atom. The molecule has 0 amide bonds. The van der Waals surface area contributed by atoms with E-state index in [0.717, 1.165) is 13.8 Å². The molecule has 0 atom stereocenters. The van der Waals surface area contributed by atoms with Crippen LogP contribution in [0.1, 0.15) is 13.8 Å². The number of carbonyl (C=O) groups excluding carboxylic acids is 10. The fourth-order valence-corrected chi connectivity index (χ4v) is 0. The molecule has 0 aromatic rings. The van der Waals surface area contributed by atoms with Gasteiger partial charge in [-0.3, -0.25) is 38.4 Å². The predicted octanol–water partition coefficient (Wildman–Crippen LogP) is -5.67. The van der Waals surface area contributed by atoms with Crippen LogP contribution in [0.25, 0.3) is 0 Å². The van der Waals surface area contributed by atoms with Crippen molar-refractivity contribution in [2.75, 3.05) is 0 Å². The van der Waals surface area contributed by atoms with Crippen LogP contribution < -0.4 is 10.2 Å². The van der Waals surface area contributed by atoms with Crippen molar-refractivity contribution in [1.82, 2.24) is 0 Å². The zero-order chi connectivity index (χ0) is 23.2. The standard InChI is InChI=1S/2C2H4O2.8CO.Ni/c2*1-2(3)4;8*1-2;/h2*1H3,(H,3,4);;;;;;;;;/q;;;;;;;;;;+2/p-2. The Hall–Kier alpha value is -3.21. The van der Waals surface area contributed by atoms with Gasteiger partial charge in [0.25, 0.3) is 54.3 Å². The molecule has 0 aliphatic heterocycles. The summed E-state index contributed by atoms with van der Waals surface area (Å²) in [7, 11) is 0. The summed E-state index contributed by atoms with van der Waals surface area (Å²) in [4.78, 5) is 77.8. The molecule has 0 bridgehead atoms. The van der Waals surface area contributed by atoms with E-state index in [1.807, 2.05) is 0 Å².